The fourth-order valence-electron chi connectivity index (χ4n) is 3.03. The highest BCUT2D eigenvalue weighted by Gasteiger charge is 2.26. The Labute approximate surface area is 154 Å². The summed E-state index contributed by atoms with van der Waals surface area (Å²) in [6.45, 7) is 2.39. The zero-order valence-corrected chi connectivity index (χ0v) is 14.9. The normalized spacial score (nSPS) is 16.0. The molecule has 0 bridgehead atoms. The Balaban J connectivity index is 1.44. The first kappa shape index (κ1) is 18.4. The first-order chi connectivity index (χ1) is 12.7. The molecule has 138 valence electrons. The first-order valence-corrected chi connectivity index (χ1v) is 9.09. The Morgan fingerprint density at radius 2 is 1.73 bits per heavy atom. The number of amides is 1. The second kappa shape index (κ2) is 9.36. The number of benzene rings is 2. The van der Waals surface area contributed by atoms with E-state index in [1.54, 1.807) is 0 Å². The van der Waals surface area contributed by atoms with E-state index in [2.05, 4.69) is 5.32 Å². The van der Waals surface area contributed by atoms with Crippen molar-refractivity contribution in [2.45, 2.75) is 32.0 Å². The number of ether oxygens (including phenoxy) is 2. The van der Waals surface area contributed by atoms with Crippen LogP contribution < -0.4 is 15.8 Å². The molecule has 1 fully saturated rings. The summed E-state index contributed by atoms with van der Waals surface area (Å²) in [5, 5.41) is 2.94. The minimum absolute atomic E-state index is 0.0895. The summed E-state index contributed by atoms with van der Waals surface area (Å²) in [5.74, 6) is 0.973. The van der Waals surface area contributed by atoms with Crippen LogP contribution in [0.5, 0.6) is 5.75 Å². The number of nitrogens with one attached hydrogen (secondary N) is 1. The van der Waals surface area contributed by atoms with Gasteiger partial charge in [-0.3, -0.25) is 4.79 Å². The van der Waals surface area contributed by atoms with E-state index in [1.165, 1.54) is 0 Å². The molecule has 1 aliphatic rings. The number of carbonyl (C=O) groups excluding carboxylic acids is 1. The van der Waals surface area contributed by atoms with E-state index in [0.29, 0.717) is 26.4 Å². The lowest BCUT2D eigenvalue weighted by atomic mass is 9.92. The van der Waals surface area contributed by atoms with Crippen molar-refractivity contribution in [1.82, 2.24) is 5.32 Å². The van der Waals surface area contributed by atoms with Crippen LogP contribution in [0.25, 0.3) is 0 Å². The molecule has 0 aliphatic carbocycles. The van der Waals surface area contributed by atoms with Gasteiger partial charge in [-0.15, -0.1) is 0 Å². The molecule has 1 atom stereocenters. The fraction of sp³-hybridized carbons (Fsp3) is 0.381. The third kappa shape index (κ3) is 5.31. The quantitative estimate of drug-likeness (QED) is 0.802. The zero-order valence-electron chi connectivity index (χ0n) is 14.9. The largest absolute Gasteiger partial charge is 0.489 e. The van der Waals surface area contributed by atoms with Crippen molar-refractivity contribution in [3.8, 4) is 5.75 Å². The summed E-state index contributed by atoms with van der Waals surface area (Å²) in [5.41, 5.74) is 8.22. The van der Waals surface area contributed by atoms with Crippen LogP contribution in [0.1, 0.15) is 24.0 Å². The highest BCUT2D eigenvalue weighted by molar-refractivity contribution is 5.81. The SMILES string of the molecule is NC(C(=O)NCc1ccc(COc2ccccc2)cc1)C1CCOCC1. The minimum Gasteiger partial charge on any atom is -0.489 e. The third-order valence-corrected chi connectivity index (χ3v) is 4.71. The van der Waals surface area contributed by atoms with Gasteiger partial charge in [0.2, 0.25) is 5.91 Å². The Kier molecular flexibility index (Phi) is 6.63. The van der Waals surface area contributed by atoms with Crippen molar-refractivity contribution in [1.29, 1.82) is 0 Å². The van der Waals surface area contributed by atoms with Crippen LogP contribution in [-0.2, 0) is 22.7 Å². The van der Waals surface area contributed by atoms with E-state index in [9.17, 15) is 4.79 Å². The summed E-state index contributed by atoms with van der Waals surface area (Å²) in [4.78, 5) is 12.2. The minimum atomic E-state index is -0.461. The molecule has 1 unspecified atom stereocenters. The average molecular weight is 354 g/mol. The van der Waals surface area contributed by atoms with Crippen LogP contribution in [0.3, 0.4) is 0 Å². The molecule has 0 aromatic heterocycles. The van der Waals surface area contributed by atoms with E-state index in [4.69, 9.17) is 15.2 Å². The highest BCUT2D eigenvalue weighted by atomic mass is 16.5. The van der Waals surface area contributed by atoms with Gasteiger partial charge in [-0.05, 0) is 42.0 Å². The lowest BCUT2D eigenvalue weighted by Crippen LogP contribution is -2.46. The molecular weight excluding hydrogens is 328 g/mol. The average Bonchev–Trinajstić information content (AvgIpc) is 2.72. The van der Waals surface area contributed by atoms with Gasteiger partial charge in [-0.25, -0.2) is 0 Å². The molecular formula is C21H26N2O3. The van der Waals surface area contributed by atoms with Crippen molar-refractivity contribution < 1.29 is 14.3 Å². The van der Waals surface area contributed by atoms with Gasteiger partial charge in [-0.1, -0.05) is 42.5 Å². The van der Waals surface area contributed by atoms with Crippen molar-refractivity contribution in [3.05, 3.63) is 65.7 Å². The van der Waals surface area contributed by atoms with Gasteiger partial charge < -0.3 is 20.5 Å². The fourth-order valence-corrected chi connectivity index (χ4v) is 3.03. The Morgan fingerprint density at radius 1 is 1.08 bits per heavy atom. The Morgan fingerprint density at radius 3 is 2.42 bits per heavy atom. The molecule has 0 saturated carbocycles. The Hall–Kier alpha value is -2.37. The summed E-state index contributed by atoms with van der Waals surface area (Å²) in [6, 6.07) is 17.3. The van der Waals surface area contributed by atoms with E-state index < -0.39 is 6.04 Å². The predicted octanol–water partition coefficient (Wildman–Crippen LogP) is 2.64. The summed E-state index contributed by atoms with van der Waals surface area (Å²) < 4.78 is 11.1. The molecule has 5 heteroatoms. The van der Waals surface area contributed by atoms with Crippen molar-refractivity contribution in [2.24, 2.45) is 11.7 Å². The molecule has 0 spiro atoms. The van der Waals surface area contributed by atoms with Crippen molar-refractivity contribution in [2.75, 3.05) is 13.2 Å². The van der Waals surface area contributed by atoms with Crippen LogP contribution >= 0.6 is 0 Å². The second-order valence-electron chi connectivity index (χ2n) is 6.61. The monoisotopic (exact) mass is 354 g/mol. The number of carbonyl (C=O) groups is 1. The van der Waals surface area contributed by atoms with Gasteiger partial charge in [0.25, 0.3) is 0 Å². The molecule has 26 heavy (non-hydrogen) atoms. The molecule has 2 aromatic rings. The van der Waals surface area contributed by atoms with Crippen LogP contribution in [0.4, 0.5) is 0 Å². The smallest absolute Gasteiger partial charge is 0.237 e. The first-order valence-electron chi connectivity index (χ1n) is 9.09. The Bertz CT molecular complexity index is 682. The molecule has 2 aromatic carbocycles. The molecule has 1 heterocycles. The standard InChI is InChI=1S/C21H26N2O3/c22-20(18-10-12-25-13-11-18)21(24)23-14-16-6-8-17(9-7-16)15-26-19-4-2-1-3-5-19/h1-9,18,20H,10-15,22H2,(H,23,24). The van der Waals surface area contributed by atoms with Gasteiger partial charge >= 0.3 is 0 Å². The van der Waals surface area contributed by atoms with E-state index >= 15 is 0 Å². The summed E-state index contributed by atoms with van der Waals surface area (Å²) in [6.07, 6.45) is 1.70. The maximum Gasteiger partial charge on any atom is 0.237 e. The molecule has 3 rings (SSSR count). The van der Waals surface area contributed by atoms with Crippen molar-refractivity contribution >= 4 is 5.91 Å². The number of hydrogen-bond acceptors (Lipinski definition) is 4. The third-order valence-electron chi connectivity index (χ3n) is 4.71. The van der Waals surface area contributed by atoms with Gasteiger partial charge in [0.05, 0.1) is 6.04 Å². The maximum absolute atomic E-state index is 12.2. The molecule has 5 nitrogen and oxygen atoms in total. The molecule has 3 N–H and O–H groups in total. The summed E-state index contributed by atoms with van der Waals surface area (Å²) in [7, 11) is 0. The maximum atomic E-state index is 12.2. The summed E-state index contributed by atoms with van der Waals surface area (Å²) >= 11 is 0. The lowest BCUT2D eigenvalue weighted by molar-refractivity contribution is -0.124. The van der Waals surface area contributed by atoms with Gasteiger partial charge in [-0.2, -0.15) is 0 Å². The molecule has 1 saturated heterocycles. The lowest BCUT2D eigenvalue weighted by Gasteiger charge is -2.26. The number of para-hydroxylation sites is 1. The second-order valence-corrected chi connectivity index (χ2v) is 6.61. The van der Waals surface area contributed by atoms with E-state index in [1.807, 2.05) is 54.6 Å². The molecule has 0 radical (unpaired) electrons. The highest BCUT2D eigenvalue weighted by Crippen LogP contribution is 2.18. The van der Waals surface area contributed by atoms with Gasteiger partial charge in [0.1, 0.15) is 12.4 Å². The van der Waals surface area contributed by atoms with E-state index in [-0.39, 0.29) is 11.8 Å². The zero-order chi connectivity index (χ0) is 18.2. The van der Waals surface area contributed by atoms with Crippen LogP contribution in [-0.4, -0.2) is 25.2 Å². The van der Waals surface area contributed by atoms with Crippen LogP contribution in [0.15, 0.2) is 54.6 Å². The molecule has 1 amide bonds. The van der Waals surface area contributed by atoms with Crippen molar-refractivity contribution in [3.63, 3.8) is 0 Å². The van der Waals surface area contributed by atoms with Crippen LogP contribution in [0, 0.1) is 5.92 Å². The number of hydrogen-bond donors (Lipinski definition) is 2. The number of nitrogens with two attached hydrogens (primary N) is 1. The van der Waals surface area contributed by atoms with Crippen LogP contribution in [0.2, 0.25) is 0 Å². The molecule has 1 aliphatic heterocycles. The number of rotatable bonds is 7. The van der Waals surface area contributed by atoms with Gasteiger partial charge in [0.15, 0.2) is 0 Å². The van der Waals surface area contributed by atoms with Gasteiger partial charge in [0, 0.05) is 19.8 Å². The van der Waals surface area contributed by atoms with E-state index in [0.717, 1.165) is 29.7 Å². The topological polar surface area (TPSA) is 73.6 Å². The predicted molar refractivity (Wildman–Crippen MR) is 101 cm³/mol.